The molecule has 0 saturated heterocycles. The molecule has 0 aromatic heterocycles. The van der Waals surface area contributed by atoms with Gasteiger partial charge in [-0.3, -0.25) is 0 Å². The van der Waals surface area contributed by atoms with Crippen LogP contribution in [0.4, 0.5) is 0 Å². The molecule has 3 N–H and O–H groups in total. The van der Waals surface area contributed by atoms with Gasteiger partial charge in [0.05, 0.1) is 5.60 Å². The third-order valence-corrected chi connectivity index (χ3v) is 0. The molecule has 0 amide bonds. The molecule has 0 aliphatic carbocycles. The first-order valence-corrected chi connectivity index (χ1v) is 1.72. The molecule has 0 aromatic rings. The fourth-order valence-corrected chi connectivity index (χ4v) is 0. The molecular formula is C4H14KLiO2. The van der Waals surface area contributed by atoms with E-state index in [0.29, 0.717) is 0 Å². The number of hydrogen-bond acceptors (Lipinski definition) is 1. The predicted molar refractivity (Wildman–Crippen MR) is 27.8 cm³/mol. The van der Waals surface area contributed by atoms with Crippen molar-refractivity contribution < 1.29 is 83.7 Å². The van der Waals surface area contributed by atoms with Crippen LogP contribution in [0.25, 0.3) is 0 Å². The zero-order chi connectivity index (χ0) is 4.50. The summed E-state index contributed by atoms with van der Waals surface area (Å²) < 4.78 is 0. The maximum atomic E-state index is 8.52. The van der Waals surface area contributed by atoms with Gasteiger partial charge in [0.1, 0.15) is 0 Å². The predicted octanol–water partition coefficient (Wildman–Crippen LogP) is -5.81. The van der Waals surface area contributed by atoms with Gasteiger partial charge < -0.3 is 13.4 Å². The van der Waals surface area contributed by atoms with Gasteiger partial charge in [-0.15, -0.1) is 0 Å². The molecule has 0 rings (SSSR count). The molecule has 0 fully saturated rings. The van der Waals surface area contributed by atoms with E-state index >= 15 is 0 Å². The summed E-state index contributed by atoms with van der Waals surface area (Å²) in [6.45, 7) is 5.23. The maximum Gasteiger partial charge on any atom is 1.00 e. The molecule has 0 unspecified atom stereocenters. The van der Waals surface area contributed by atoms with Crippen LogP contribution in [-0.4, -0.2) is 16.2 Å². The third-order valence-electron chi connectivity index (χ3n) is 0. The van der Waals surface area contributed by atoms with Gasteiger partial charge in [0.25, 0.3) is 0 Å². The van der Waals surface area contributed by atoms with Crippen molar-refractivity contribution in [2.45, 2.75) is 26.4 Å². The summed E-state index contributed by atoms with van der Waals surface area (Å²) in [5.41, 5.74) is -0.500. The Bertz CT molecular complexity index is 36.7. The smallest absolute Gasteiger partial charge is 1.00 e. The topological polar surface area (TPSA) is 51.7 Å². The quantitative estimate of drug-likeness (QED) is 0.335. The number of hydrogen-bond donors (Lipinski definition) is 1. The van der Waals surface area contributed by atoms with E-state index in [4.69, 9.17) is 5.11 Å². The molecule has 8 heavy (non-hydrogen) atoms. The monoisotopic (exact) mass is 140 g/mol. The van der Waals surface area contributed by atoms with Crippen molar-refractivity contribution in [1.82, 2.24) is 0 Å². The van der Waals surface area contributed by atoms with Crippen LogP contribution in [-0.2, 0) is 0 Å². The van der Waals surface area contributed by atoms with Crippen molar-refractivity contribution in [3.63, 3.8) is 0 Å². The molecule has 4 heteroatoms. The zero-order valence-electron chi connectivity index (χ0n) is 8.45. The van der Waals surface area contributed by atoms with Crippen LogP contribution in [0.1, 0.15) is 23.6 Å². The van der Waals surface area contributed by atoms with Crippen molar-refractivity contribution in [3.05, 3.63) is 0 Å². The molecule has 44 valence electrons. The minimum absolute atomic E-state index is 0. The maximum absolute atomic E-state index is 8.52. The van der Waals surface area contributed by atoms with Gasteiger partial charge in [0.15, 0.2) is 0 Å². The van der Waals surface area contributed by atoms with Crippen molar-refractivity contribution in [2.75, 3.05) is 0 Å². The Morgan fingerprint density at radius 1 is 1.25 bits per heavy atom. The van der Waals surface area contributed by atoms with Crippen molar-refractivity contribution >= 4 is 0 Å². The molecule has 0 heterocycles. The third kappa shape index (κ3) is 90.0. The first-order valence-electron chi connectivity index (χ1n) is 1.72. The Hall–Kier alpha value is 2.15. The van der Waals surface area contributed by atoms with E-state index in [1.54, 1.807) is 20.8 Å². The fourth-order valence-electron chi connectivity index (χ4n) is 0. The summed E-state index contributed by atoms with van der Waals surface area (Å²) in [5, 5.41) is 8.52. The second-order valence-corrected chi connectivity index (χ2v) is 2.17. The van der Waals surface area contributed by atoms with Gasteiger partial charge in [-0.25, -0.2) is 0 Å². The first kappa shape index (κ1) is 22.5. The molecule has 0 spiro atoms. The second kappa shape index (κ2) is 9.15. The van der Waals surface area contributed by atoms with E-state index < -0.39 is 5.60 Å². The summed E-state index contributed by atoms with van der Waals surface area (Å²) in [6.07, 6.45) is 0. The van der Waals surface area contributed by atoms with Gasteiger partial charge in [-0.2, -0.15) is 0 Å². The van der Waals surface area contributed by atoms with E-state index in [0.717, 1.165) is 0 Å². The Balaban J connectivity index is -0.00000000800. The van der Waals surface area contributed by atoms with Gasteiger partial charge in [0, 0.05) is 0 Å². The second-order valence-electron chi connectivity index (χ2n) is 2.17. The minimum atomic E-state index is -0.500. The Kier molecular flexibility index (Phi) is 25.7. The SMILES string of the molecule is CC(C)(C)O.O.[H-].[H-].[K+].[Li+]. The first-order chi connectivity index (χ1) is 2.00. The van der Waals surface area contributed by atoms with E-state index in [9.17, 15) is 0 Å². The summed E-state index contributed by atoms with van der Waals surface area (Å²) in [5.74, 6) is 0. The van der Waals surface area contributed by atoms with Crippen LogP contribution in [0.5, 0.6) is 0 Å². The van der Waals surface area contributed by atoms with Crippen molar-refractivity contribution in [1.29, 1.82) is 0 Å². The summed E-state index contributed by atoms with van der Waals surface area (Å²) in [6, 6.07) is 0. The van der Waals surface area contributed by atoms with Gasteiger partial charge in [-0.05, 0) is 20.8 Å². The average Bonchev–Trinajstić information content (AvgIpc) is 0.722. The molecule has 0 aliphatic heterocycles. The molecule has 0 radical (unpaired) electrons. The van der Waals surface area contributed by atoms with E-state index in [1.165, 1.54) is 0 Å². The molecule has 2 nitrogen and oxygen atoms in total. The average molecular weight is 140 g/mol. The largest absolute Gasteiger partial charge is 1.00 e. The van der Waals surface area contributed by atoms with Crippen LogP contribution < -0.4 is 70.2 Å². The van der Waals surface area contributed by atoms with Crippen LogP contribution in [0.15, 0.2) is 0 Å². The van der Waals surface area contributed by atoms with Crippen molar-refractivity contribution in [3.8, 4) is 0 Å². The van der Waals surface area contributed by atoms with Gasteiger partial charge in [0.2, 0.25) is 0 Å². The molecule has 0 saturated carbocycles. The number of rotatable bonds is 0. The fraction of sp³-hybridized carbons (Fsp3) is 1.00. The Labute approximate surface area is 108 Å². The zero-order valence-corrected chi connectivity index (χ0v) is 9.57. The molecule has 0 aliphatic rings. The minimum Gasteiger partial charge on any atom is -1.00 e. The molecule has 0 aromatic carbocycles. The van der Waals surface area contributed by atoms with E-state index in [-0.39, 0.29) is 78.6 Å². The van der Waals surface area contributed by atoms with Crippen LogP contribution >= 0.6 is 0 Å². The van der Waals surface area contributed by atoms with Gasteiger partial charge in [-0.1, -0.05) is 0 Å². The standard InChI is InChI=1S/C4H10O.K.Li.H2O.2H/c1-4(2,3)5;;;;;/h5H,1-3H3;;;1H2;;/q;2*+1;;2*-1. The summed E-state index contributed by atoms with van der Waals surface area (Å²) in [4.78, 5) is 0. The molecule has 0 bridgehead atoms. The molecular weight excluding hydrogens is 126 g/mol. The van der Waals surface area contributed by atoms with Crippen LogP contribution in [0.3, 0.4) is 0 Å². The van der Waals surface area contributed by atoms with E-state index in [2.05, 4.69) is 0 Å². The number of aliphatic hydroxyl groups is 1. The van der Waals surface area contributed by atoms with Gasteiger partial charge >= 0.3 is 70.2 Å². The van der Waals surface area contributed by atoms with Crippen LogP contribution in [0.2, 0.25) is 0 Å². The van der Waals surface area contributed by atoms with Crippen molar-refractivity contribution in [2.24, 2.45) is 0 Å². The summed E-state index contributed by atoms with van der Waals surface area (Å²) in [7, 11) is 0. The Morgan fingerprint density at radius 3 is 1.25 bits per heavy atom. The van der Waals surface area contributed by atoms with E-state index in [1.807, 2.05) is 0 Å². The Morgan fingerprint density at radius 2 is 1.25 bits per heavy atom. The van der Waals surface area contributed by atoms with Crippen LogP contribution in [0, 0.1) is 0 Å². The molecule has 0 atom stereocenters. The normalized spacial score (nSPS) is 7.50. The summed E-state index contributed by atoms with van der Waals surface area (Å²) >= 11 is 0.